The van der Waals surface area contributed by atoms with Gasteiger partial charge in [0.1, 0.15) is 0 Å². The van der Waals surface area contributed by atoms with Crippen LogP contribution in [0.4, 0.5) is 11.4 Å². The molecule has 2 N–H and O–H groups in total. The van der Waals surface area contributed by atoms with Crippen LogP contribution >= 0.6 is 31.9 Å². The van der Waals surface area contributed by atoms with Crippen molar-refractivity contribution in [2.75, 3.05) is 10.6 Å². The summed E-state index contributed by atoms with van der Waals surface area (Å²) >= 11 is 6.75. The molecule has 0 atom stereocenters. The molecule has 0 aromatic heterocycles. The molecular formula is C24H18Br2N2O2. The lowest BCUT2D eigenvalue weighted by Crippen LogP contribution is -2.09. The predicted molar refractivity (Wildman–Crippen MR) is 130 cm³/mol. The zero-order chi connectivity index (χ0) is 21.3. The Balaban J connectivity index is 1.51. The monoisotopic (exact) mass is 524 g/mol. The van der Waals surface area contributed by atoms with Crippen molar-refractivity contribution in [2.45, 2.75) is 0 Å². The van der Waals surface area contributed by atoms with Gasteiger partial charge in [-0.05, 0) is 71.8 Å². The Bertz CT molecular complexity index is 983. The number of nitrogens with one attached hydrogen (secondary N) is 2. The first-order valence-electron chi connectivity index (χ1n) is 9.07. The van der Waals surface area contributed by atoms with Gasteiger partial charge in [0.2, 0.25) is 11.8 Å². The SMILES string of the molecule is O=C(C=Cc1ccc(Br)cc1)Nc1ccc(NC(=O)C=Cc2ccc(Br)cc2)cc1. The molecule has 4 nitrogen and oxygen atoms in total. The van der Waals surface area contributed by atoms with Crippen LogP contribution in [0.25, 0.3) is 12.2 Å². The van der Waals surface area contributed by atoms with Gasteiger partial charge in [0.25, 0.3) is 0 Å². The minimum Gasteiger partial charge on any atom is -0.323 e. The Morgan fingerprint density at radius 3 is 1.23 bits per heavy atom. The number of hydrogen-bond donors (Lipinski definition) is 2. The van der Waals surface area contributed by atoms with E-state index in [-0.39, 0.29) is 11.8 Å². The first kappa shape index (κ1) is 21.7. The third-order valence-corrected chi connectivity index (χ3v) is 5.07. The predicted octanol–water partition coefficient (Wildman–Crippen LogP) is 6.52. The number of carbonyl (C=O) groups excluding carboxylic acids is 2. The Kier molecular flexibility index (Phi) is 7.76. The number of halogens is 2. The molecule has 0 unspecified atom stereocenters. The molecule has 0 bridgehead atoms. The fourth-order valence-electron chi connectivity index (χ4n) is 2.50. The Morgan fingerprint density at radius 2 is 0.900 bits per heavy atom. The molecule has 0 aliphatic rings. The molecule has 0 radical (unpaired) electrons. The molecule has 0 aliphatic heterocycles. The van der Waals surface area contributed by atoms with Crippen LogP contribution in [0.2, 0.25) is 0 Å². The molecule has 0 saturated carbocycles. The quantitative estimate of drug-likeness (QED) is 0.360. The van der Waals surface area contributed by atoms with Gasteiger partial charge in [-0.3, -0.25) is 9.59 Å². The summed E-state index contributed by atoms with van der Waals surface area (Å²) < 4.78 is 1.97. The van der Waals surface area contributed by atoms with E-state index < -0.39 is 0 Å². The third kappa shape index (κ3) is 7.13. The molecule has 3 rings (SSSR count). The average molecular weight is 526 g/mol. The van der Waals surface area contributed by atoms with Crippen LogP contribution in [0.15, 0.2) is 93.9 Å². The molecule has 0 spiro atoms. The fraction of sp³-hybridized carbons (Fsp3) is 0. The lowest BCUT2D eigenvalue weighted by molar-refractivity contribution is -0.112. The number of rotatable bonds is 6. The van der Waals surface area contributed by atoms with Crippen LogP contribution in [0, 0.1) is 0 Å². The summed E-state index contributed by atoms with van der Waals surface area (Å²) in [7, 11) is 0. The first-order chi connectivity index (χ1) is 14.5. The van der Waals surface area contributed by atoms with E-state index in [1.807, 2.05) is 48.5 Å². The van der Waals surface area contributed by atoms with E-state index in [9.17, 15) is 9.59 Å². The molecule has 6 heteroatoms. The van der Waals surface area contributed by atoms with Crippen LogP contribution < -0.4 is 10.6 Å². The van der Waals surface area contributed by atoms with Crippen molar-refractivity contribution in [2.24, 2.45) is 0 Å². The van der Waals surface area contributed by atoms with E-state index >= 15 is 0 Å². The van der Waals surface area contributed by atoms with E-state index in [2.05, 4.69) is 42.5 Å². The summed E-state index contributed by atoms with van der Waals surface area (Å²) in [5.74, 6) is -0.459. The van der Waals surface area contributed by atoms with E-state index in [4.69, 9.17) is 0 Å². The van der Waals surface area contributed by atoms with Crippen LogP contribution in [-0.2, 0) is 9.59 Å². The fourth-order valence-corrected chi connectivity index (χ4v) is 3.03. The average Bonchev–Trinajstić information content (AvgIpc) is 2.74. The van der Waals surface area contributed by atoms with Gasteiger partial charge in [0.15, 0.2) is 0 Å². The molecule has 150 valence electrons. The van der Waals surface area contributed by atoms with Crippen molar-refractivity contribution >= 4 is 67.2 Å². The second-order valence-electron chi connectivity index (χ2n) is 6.33. The van der Waals surface area contributed by atoms with Gasteiger partial charge in [0, 0.05) is 32.5 Å². The molecule has 0 fully saturated rings. The highest BCUT2D eigenvalue weighted by molar-refractivity contribution is 9.10. The summed E-state index contributed by atoms with van der Waals surface area (Å²) in [4.78, 5) is 24.1. The van der Waals surface area contributed by atoms with Crippen molar-refractivity contribution in [3.05, 3.63) is 105 Å². The highest BCUT2D eigenvalue weighted by atomic mass is 79.9. The molecule has 0 aliphatic carbocycles. The van der Waals surface area contributed by atoms with Gasteiger partial charge in [-0.2, -0.15) is 0 Å². The van der Waals surface area contributed by atoms with E-state index in [0.717, 1.165) is 20.1 Å². The zero-order valence-electron chi connectivity index (χ0n) is 15.8. The van der Waals surface area contributed by atoms with Crippen LogP contribution in [0.1, 0.15) is 11.1 Å². The molecule has 0 heterocycles. The molecule has 2 amide bonds. The summed E-state index contributed by atoms with van der Waals surface area (Å²) in [5, 5.41) is 5.58. The van der Waals surface area contributed by atoms with Gasteiger partial charge in [-0.15, -0.1) is 0 Å². The summed E-state index contributed by atoms with van der Waals surface area (Å²) in [6.45, 7) is 0. The van der Waals surface area contributed by atoms with E-state index in [1.165, 1.54) is 12.2 Å². The maximum Gasteiger partial charge on any atom is 0.248 e. The lowest BCUT2D eigenvalue weighted by Gasteiger charge is -2.05. The van der Waals surface area contributed by atoms with Crippen molar-refractivity contribution in [3.8, 4) is 0 Å². The van der Waals surface area contributed by atoms with Gasteiger partial charge < -0.3 is 10.6 Å². The normalized spacial score (nSPS) is 11.0. The van der Waals surface area contributed by atoms with Crippen molar-refractivity contribution in [3.63, 3.8) is 0 Å². The number of anilines is 2. The molecule has 3 aromatic carbocycles. The Hall–Kier alpha value is -2.96. The number of hydrogen-bond acceptors (Lipinski definition) is 2. The topological polar surface area (TPSA) is 58.2 Å². The van der Waals surface area contributed by atoms with Crippen LogP contribution in [0.5, 0.6) is 0 Å². The van der Waals surface area contributed by atoms with E-state index in [1.54, 1.807) is 36.4 Å². The minimum atomic E-state index is -0.230. The van der Waals surface area contributed by atoms with E-state index in [0.29, 0.717) is 11.4 Å². The first-order valence-corrected chi connectivity index (χ1v) is 10.7. The maximum atomic E-state index is 12.1. The third-order valence-electron chi connectivity index (χ3n) is 4.01. The number of carbonyl (C=O) groups is 2. The smallest absolute Gasteiger partial charge is 0.248 e. The number of benzene rings is 3. The maximum absolute atomic E-state index is 12.1. The summed E-state index contributed by atoms with van der Waals surface area (Å²) in [6.07, 6.45) is 6.44. The van der Waals surface area contributed by atoms with Crippen LogP contribution in [0.3, 0.4) is 0 Å². The van der Waals surface area contributed by atoms with Gasteiger partial charge in [-0.25, -0.2) is 0 Å². The second-order valence-corrected chi connectivity index (χ2v) is 8.16. The Morgan fingerprint density at radius 1 is 0.567 bits per heavy atom. The zero-order valence-corrected chi connectivity index (χ0v) is 19.0. The standard InChI is InChI=1S/C24H18Br2N2O2/c25-19-7-1-17(2-8-19)5-15-23(29)27-21-11-13-22(14-12-21)28-24(30)16-6-18-3-9-20(26)10-4-18/h1-16H,(H,27,29)(H,28,30). The highest BCUT2D eigenvalue weighted by Crippen LogP contribution is 2.15. The molecule has 0 saturated heterocycles. The van der Waals surface area contributed by atoms with Crippen LogP contribution in [-0.4, -0.2) is 11.8 Å². The van der Waals surface area contributed by atoms with Crippen molar-refractivity contribution < 1.29 is 9.59 Å². The van der Waals surface area contributed by atoms with Crippen molar-refractivity contribution in [1.82, 2.24) is 0 Å². The van der Waals surface area contributed by atoms with Crippen molar-refractivity contribution in [1.29, 1.82) is 0 Å². The minimum absolute atomic E-state index is 0.230. The Labute approximate surface area is 192 Å². The van der Waals surface area contributed by atoms with Gasteiger partial charge >= 0.3 is 0 Å². The number of amides is 2. The van der Waals surface area contributed by atoms with Gasteiger partial charge in [0.05, 0.1) is 0 Å². The largest absolute Gasteiger partial charge is 0.323 e. The second kappa shape index (κ2) is 10.7. The summed E-state index contributed by atoms with van der Waals surface area (Å²) in [6, 6.07) is 22.3. The molecule has 30 heavy (non-hydrogen) atoms. The summed E-state index contributed by atoms with van der Waals surface area (Å²) in [5.41, 5.74) is 3.15. The van der Waals surface area contributed by atoms with Gasteiger partial charge in [-0.1, -0.05) is 56.1 Å². The highest BCUT2D eigenvalue weighted by Gasteiger charge is 2.01. The lowest BCUT2D eigenvalue weighted by atomic mass is 10.2. The molecular weight excluding hydrogens is 508 g/mol. The molecule has 3 aromatic rings.